The molecule has 0 spiro atoms. The fourth-order valence-electron chi connectivity index (χ4n) is 4.10. The predicted molar refractivity (Wildman–Crippen MR) is 99.9 cm³/mol. The lowest BCUT2D eigenvalue weighted by molar-refractivity contribution is -0.121. The molecule has 0 radical (unpaired) electrons. The van der Waals surface area contributed by atoms with E-state index in [4.69, 9.17) is 4.52 Å². The van der Waals surface area contributed by atoms with E-state index in [1.54, 1.807) is 24.3 Å². The molecule has 1 amide bonds. The first-order valence-corrected chi connectivity index (χ1v) is 9.24. The number of aromatic nitrogens is 1. The van der Waals surface area contributed by atoms with Crippen LogP contribution in [0.15, 0.2) is 59.1 Å². The number of hydrogen-bond acceptors (Lipinski definition) is 3. The van der Waals surface area contributed by atoms with Gasteiger partial charge in [-0.3, -0.25) is 4.79 Å². The third-order valence-corrected chi connectivity index (χ3v) is 5.73. The fourth-order valence-corrected chi connectivity index (χ4v) is 4.10. The van der Waals surface area contributed by atoms with Gasteiger partial charge in [-0.2, -0.15) is 0 Å². The fraction of sp³-hybridized carbons (Fsp3) is 0.273. The molecule has 1 aliphatic carbocycles. The molecule has 1 unspecified atom stereocenters. The highest BCUT2D eigenvalue weighted by Crippen LogP contribution is 2.51. The van der Waals surface area contributed by atoms with Crippen LogP contribution in [-0.2, 0) is 16.6 Å². The largest absolute Gasteiger partial charge is 0.356 e. The van der Waals surface area contributed by atoms with Gasteiger partial charge in [0.15, 0.2) is 5.76 Å². The van der Waals surface area contributed by atoms with Crippen molar-refractivity contribution < 1.29 is 13.7 Å². The Labute approximate surface area is 156 Å². The number of anilines is 1. The summed E-state index contributed by atoms with van der Waals surface area (Å²) in [6, 6.07) is 16.3. The topological polar surface area (TPSA) is 46.3 Å². The summed E-state index contributed by atoms with van der Waals surface area (Å²) < 4.78 is 19.5. The predicted octanol–water partition coefficient (Wildman–Crippen LogP) is 4.49. The van der Waals surface area contributed by atoms with Gasteiger partial charge < -0.3 is 9.42 Å². The van der Waals surface area contributed by atoms with Crippen LogP contribution in [0.3, 0.4) is 0 Å². The lowest BCUT2D eigenvalue weighted by atomic mass is 9.98. The Morgan fingerprint density at radius 1 is 1.19 bits per heavy atom. The summed E-state index contributed by atoms with van der Waals surface area (Å²) in [7, 11) is 0. The zero-order chi connectivity index (χ0) is 18.6. The molecule has 3 aromatic rings. The lowest BCUT2D eigenvalue weighted by Gasteiger charge is -2.26. The summed E-state index contributed by atoms with van der Waals surface area (Å²) in [6.07, 6.45) is 2.33. The van der Waals surface area contributed by atoms with Gasteiger partial charge in [0.05, 0.1) is 16.7 Å². The lowest BCUT2D eigenvalue weighted by Crippen LogP contribution is -2.42. The quantitative estimate of drug-likeness (QED) is 0.690. The highest BCUT2D eigenvalue weighted by atomic mass is 19.1. The molecule has 1 fully saturated rings. The van der Waals surface area contributed by atoms with E-state index in [0.717, 1.165) is 24.9 Å². The molecular formula is C22H19FN2O2. The maximum absolute atomic E-state index is 14.1. The van der Waals surface area contributed by atoms with Gasteiger partial charge in [-0.15, -0.1) is 0 Å². The van der Waals surface area contributed by atoms with E-state index in [-0.39, 0.29) is 17.8 Å². The smallest absolute Gasteiger partial charge is 0.239 e. The van der Waals surface area contributed by atoms with Gasteiger partial charge >= 0.3 is 0 Å². The van der Waals surface area contributed by atoms with Gasteiger partial charge in [0.2, 0.25) is 5.91 Å². The molecule has 2 aromatic carbocycles. The summed E-state index contributed by atoms with van der Waals surface area (Å²) in [6.45, 7) is 2.07. The Kier molecular flexibility index (Phi) is 3.47. The van der Waals surface area contributed by atoms with Gasteiger partial charge in [0, 0.05) is 17.8 Å². The Morgan fingerprint density at radius 2 is 1.93 bits per heavy atom. The van der Waals surface area contributed by atoms with Crippen molar-refractivity contribution >= 4 is 11.6 Å². The summed E-state index contributed by atoms with van der Waals surface area (Å²) in [5, 5.41) is 4.15. The van der Waals surface area contributed by atoms with E-state index in [2.05, 4.69) is 18.1 Å². The minimum atomic E-state index is -0.654. The van der Waals surface area contributed by atoms with Crippen LogP contribution in [0.2, 0.25) is 0 Å². The van der Waals surface area contributed by atoms with Gasteiger partial charge in [0.25, 0.3) is 0 Å². The number of nitrogens with zero attached hydrogens (tertiary/aromatic N) is 2. The molecule has 2 aliphatic rings. The third kappa shape index (κ3) is 2.41. The second-order valence-corrected chi connectivity index (χ2v) is 7.50. The van der Waals surface area contributed by atoms with Crippen LogP contribution in [0.4, 0.5) is 10.1 Å². The Morgan fingerprint density at radius 3 is 2.70 bits per heavy atom. The molecule has 1 saturated carbocycles. The number of fused-ring (bicyclic) bond motifs is 1. The van der Waals surface area contributed by atoms with Crippen molar-refractivity contribution in [3.8, 4) is 11.3 Å². The van der Waals surface area contributed by atoms with E-state index in [9.17, 15) is 9.18 Å². The second kappa shape index (κ2) is 5.78. The van der Waals surface area contributed by atoms with Crippen LogP contribution in [0.5, 0.6) is 0 Å². The van der Waals surface area contributed by atoms with Crippen molar-refractivity contribution in [1.82, 2.24) is 5.16 Å². The first-order valence-electron chi connectivity index (χ1n) is 9.24. The molecule has 5 rings (SSSR count). The third-order valence-electron chi connectivity index (χ3n) is 5.73. The summed E-state index contributed by atoms with van der Waals surface area (Å²) in [5.41, 5.74) is 2.49. The molecule has 1 aromatic heterocycles. The van der Waals surface area contributed by atoms with E-state index in [1.807, 2.05) is 23.1 Å². The zero-order valence-electron chi connectivity index (χ0n) is 15.0. The number of rotatable bonds is 3. The maximum Gasteiger partial charge on any atom is 0.239 e. The second-order valence-electron chi connectivity index (χ2n) is 7.50. The number of para-hydroxylation sites is 1. The average Bonchev–Trinajstić information content (AvgIpc) is 3.20. The number of carbonyl (C=O) groups is 1. The first kappa shape index (κ1) is 16.2. The van der Waals surface area contributed by atoms with E-state index in [1.165, 1.54) is 11.6 Å². The average molecular weight is 362 g/mol. The number of hydrogen-bond donors (Lipinski definition) is 0. The molecule has 4 nitrogen and oxygen atoms in total. The molecule has 0 N–H and O–H groups in total. The van der Waals surface area contributed by atoms with Crippen molar-refractivity contribution in [2.45, 2.75) is 37.6 Å². The van der Waals surface area contributed by atoms with Gasteiger partial charge in [-0.25, -0.2) is 4.39 Å². The van der Waals surface area contributed by atoms with E-state index >= 15 is 0 Å². The molecule has 5 heteroatoms. The van der Waals surface area contributed by atoms with Gasteiger partial charge in [-0.1, -0.05) is 35.5 Å². The molecule has 0 bridgehead atoms. The van der Waals surface area contributed by atoms with Crippen molar-refractivity contribution in [3.63, 3.8) is 0 Å². The number of amides is 1. The Hall–Kier alpha value is -2.95. The van der Waals surface area contributed by atoms with Gasteiger partial charge in [0.1, 0.15) is 5.82 Å². The van der Waals surface area contributed by atoms with Gasteiger partial charge in [-0.05, 0) is 49.9 Å². The van der Waals surface area contributed by atoms with Crippen LogP contribution in [0.1, 0.15) is 31.0 Å². The summed E-state index contributed by atoms with van der Waals surface area (Å²) in [5.74, 6) is 0.0591. The number of benzene rings is 2. The maximum atomic E-state index is 14.1. The molecular weight excluding hydrogens is 343 g/mol. The molecule has 1 atom stereocenters. The molecule has 1 aliphatic heterocycles. The minimum absolute atomic E-state index is 0.0633. The van der Waals surface area contributed by atoms with Crippen molar-refractivity contribution in [2.75, 3.05) is 4.90 Å². The Balaban J connectivity index is 1.50. The van der Waals surface area contributed by atoms with Crippen LogP contribution in [0.25, 0.3) is 11.3 Å². The standard InChI is InChI=1S/C22H19FN2O2/c1-14-12-15-6-2-5-9-18(15)25(14)21(26)22(10-11-22)20-13-19(27-24-20)16-7-3-4-8-17(16)23/h2-9,13-14H,10-12H2,1H3. The molecule has 0 saturated heterocycles. The minimum Gasteiger partial charge on any atom is -0.356 e. The molecule has 136 valence electrons. The van der Waals surface area contributed by atoms with Crippen LogP contribution in [0, 0.1) is 5.82 Å². The highest BCUT2D eigenvalue weighted by Gasteiger charge is 2.57. The monoisotopic (exact) mass is 362 g/mol. The normalized spacial score (nSPS) is 19.8. The van der Waals surface area contributed by atoms with Crippen molar-refractivity contribution in [3.05, 3.63) is 71.7 Å². The SMILES string of the molecule is CC1Cc2ccccc2N1C(=O)C1(c2cc(-c3ccccc3F)on2)CC1. The summed E-state index contributed by atoms with van der Waals surface area (Å²) >= 11 is 0. The molecule has 27 heavy (non-hydrogen) atoms. The Bertz CT molecular complexity index is 1040. The zero-order valence-corrected chi connectivity index (χ0v) is 15.0. The first-order chi connectivity index (χ1) is 13.1. The molecule has 2 heterocycles. The number of halogens is 1. The van der Waals surface area contributed by atoms with E-state index < -0.39 is 5.41 Å². The van der Waals surface area contributed by atoms with Crippen LogP contribution < -0.4 is 4.90 Å². The van der Waals surface area contributed by atoms with Crippen molar-refractivity contribution in [1.29, 1.82) is 0 Å². The van der Waals surface area contributed by atoms with Crippen molar-refractivity contribution in [2.24, 2.45) is 0 Å². The number of carbonyl (C=O) groups excluding carboxylic acids is 1. The van der Waals surface area contributed by atoms with Crippen LogP contribution in [-0.4, -0.2) is 17.1 Å². The summed E-state index contributed by atoms with van der Waals surface area (Å²) in [4.78, 5) is 15.4. The van der Waals surface area contributed by atoms with Crippen LogP contribution >= 0.6 is 0 Å². The highest BCUT2D eigenvalue weighted by molar-refractivity contribution is 6.05. The van der Waals surface area contributed by atoms with E-state index in [0.29, 0.717) is 17.0 Å².